The second kappa shape index (κ2) is 22.7. The average molecular weight is 362 g/mol. The molecule has 0 fully saturated rings. The van der Waals surface area contributed by atoms with E-state index in [1.54, 1.807) is 0 Å². The normalized spacial score (nSPS) is 9.22. The van der Waals surface area contributed by atoms with Gasteiger partial charge < -0.3 is 23.0 Å². The van der Waals surface area contributed by atoms with Crippen LogP contribution in [0.1, 0.15) is 65.2 Å². The van der Waals surface area contributed by atoms with Crippen LogP contribution < -0.4 is 0 Å². The fraction of sp³-hybridized carbons (Fsp3) is 0.833. The summed E-state index contributed by atoms with van der Waals surface area (Å²) in [5, 5.41) is 0. The molecule has 18 heavy (non-hydrogen) atoms. The maximum atomic E-state index is 8.52. The third-order valence-electron chi connectivity index (χ3n) is 1.71. The Morgan fingerprint density at radius 3 is 1.39 bits per heavy atom. The zero-order valence-corrected chi connectivity index (χ0v) is 14.3. The minimum Gasteiger partial charge on any atom is -0.759 e. The van der Waals surface area contributed by atoms with Crippen molar-refractivity contribution >= 4 is 10.4 Å². The van der Waals surface area contributed by atoms with Gasteiger partial charge in [-0.2, -0.15) is 12.8 Å². The molecule has 0 aliphatic carbocycles. The molecule has 0 aliphatic rings. The minimum atomic E-state index is -5.17. The van der Waals surface area contributed by atoms with E-state index in [0.29, 0.717) is 0 Å². The van der Waals surface area contributed by atoms with Gasteiger partial charge in [0, 0.05) is 10.4 Å². The molecule has 0 saturated heterocycles. The van der Waals surface area contributed by atoms with Crippen molar-refractivity contribution in [3.05, 3.63) is 13.8 Å². The van der Waals surface area contributed by atoms with E-state index in [-0.39, 0.29) is 21.1 Å². The van der Waals surface area contributed by atoms with Gasteiger partial charge in [-0.05, 0) is 0 Å². The predicted octanol–water partition coefficient (Wildman–Crippen LogP) is 3.46. The Morgan fingerprint density at radius 2 is 1.17 bits per heavy atom. The van der Waals surface area contributed by atoms with E-state index in [1.165, 1.54) is 38.5 Å². The Bertz CT molecular complexity index is 190. The van der Waals surface area contributed by atoms with E-state index in [0.717, 1.165) is 12.8 Å². The summed E-state index contributed by atoms with van der Waals surface area (Å²) in [6, 6.07) is 0. The van der Waals surface area contributed by atoms with E-state index in [4.69, 9.17) is 17.5 Å². The van der Waals surface area contributed by atoms with Crippen molar-refractivity contribution in [2.24, 2.45) is 0 Å². The predicted molar refractivity (Wildman–Crippen MR) is 69.5 cm³/mol. The topological polar surface area (TPSA) is 80.3 Å². The van der Waals surface area contributed by atoms with Gasteiger partial charge in [-0.3, -0.25) is 8.42 Å². The van der Waals surface area contributed by atoms with E-state index in [9.17, 15) is 0 Å². The fourth-order valence-corrected chi connectivity index (χ4v) is 0.780. The van der Waals surface area contributed by atoms with Crippen molar-refractivity contribution in [1.82, 2.24) is 0 Å². The van der Waals surface area contributed by atoms with Crippen LogP contribution in [0.3, 0.4) is 0 Å². The fourth-order valence-electron chi connectivity index (χ4n) is 0.780. The van der Waals surface area contributed by atoms with Gasteiger partial charge in [0.15, 0.2) is 0 Å². The quantitative estimate of drug-likeness (QED) is 0.238. The number of rotatable bonds is 6. The first-order chi connectivity index (χ1) is 7.83. The Balaban J connectivity index is -0.0000000855. The summed E-state index contributed by atoms with van der Waals surface area (Å²) in [5.74, 6) is 0. The van der Waals surface area contributed by atoms with Crippen LogP contribution in [0.4, 0.5) is 0 Å². The van der Waals surface area contributed by atoms with Crippen LogP contribution in [0.2, 0.25) is 0 Å². The van der Waals surface area contributed by atoms with E-state index >= 15 is 0 Å². The van der Waals surface area contributed by atoms with Crippen LogP contribution in [-0.2, 0) is 31.5 Å². The molecule has 0 saturated carbocycles. The zero-order chi connectivity index (χ0) is 14.2. The van der Waals surface area contributed by atoms with E-state index < -0.39 is 10.4 Å². The van der Waals surface area contributed by atoms with Gasteiger partial charge in [-0.15, -0.1) is 0 Å². The van der Waals surface area contributed by atoms with Crippen LogP contribution in [0.15, 0.2) is 0 Å². The van der Waals surface area contributed by atoms with Crippen LogP contribution in [-0.4, -0.2) is 17.5 Å². The molecule has 0 amide bonds. The molecule has 6 heteroatoms. The number of hydrogen-bond donors (Lipinski definition) is 0. The molecule has 0 aromatic rings. The van der Waals surface area contributed by atoms with Crippen molar-refractivity contribution in [1.29, 1.82) is 0 Å². The van der Waals surface area contributed by atoms with Crippen LogP contribution >= 0.6 is 0 Å². The third kappa shape index (κ3) is 93.2. The molecule has 0 aromatic carbocycles. The largest absolute Gasteiger partial charge is 4.00 e. The first-order valence-corrected chi connectivity index (χ1v) is 7.41. The van der Waals surface area contributed by atoms with Gasteiger partial charge in [0.1, 0.15) is 0 Å². The Hall–Kier alpha value is 0.558. The summed E-state index contributed by atoms with van der Waals surface area (Å²) < 4.78 is 34.1. The molecule has 0 radical (unpaired) electrons. The SMILES string of the molecule is O=S(=O)([O-])[O-].[CH2-]CCC.[CH2-]CCCCCCC.[Mo+4]. The summed E-state index contributed by atoms with van der Waals surface area (Å²) in [6.07, 6.45) is 10.3. The van der Waals surface area contributed by atoms with Gasteiger partial charge in [-0.1, -0.05) is 52.4 Å². The second-order valence-corrected chi connectivity index (χ2v) is 4.35. The Kier molecular flexibility index (Phi) is 34.1. The zero-order valence-electron chi connectivity index (χ0n) is 11.5. The molecule has 0 atom stereocenters. The summed E-state index contributed by atoms with van der Waals surface area (Å²) in [6.45, 7) is 11.7. The second-order valence-electron chi connectivity index (χ2n) is 3.53. The maximum Gasteiger partial charge on any atom is 4.00 e. The molecule has 110 valence electrons. The average Bonchev–Trinajstić information content (AvgIpc) is 2.23. The summed E-state index contributed by atoms with van der Waals surface area (Å²) >= 11 is 0. The van der Waals surface area contributed by atoms with E-state index in [1.807, 2.05) is 0 Å². The summed E-state index contributed by atoms with van der Waals surface area (Å²) in [5.41, 5.74) is 0. The summed E-state index contributed by atoms with van der Waals surface area (Å²) in [4.78, 5) is 0. The van der Waals surface area contributed by atoms with Crippen molar-refractivity contribution in [2.45, 2.75) is 65.2 Å². The van der Waals surface area contributed by atoms with Gasteiger partial charge in [0.25, 0.3) is 0 Å². The maximum absolute atomic E-state index is 8.52. The standard InChI is InChI=1S/C8H17.C4H9.Mo.H2O4S/c1-3-5-7-8-6-4-2;1-3-4-2;;1-5(2,3)4/h1,3-8H2,2H3;1,3-4H2,2H3;;(H2,1,2,3,4)/q2*-1;+4;/p-2. The van der Waals surface area contributed by atoms with Gasteiger partial charge >= 0.3 is 21.1 Å². The summed E-state index contributed by atoms with van der Waals surface area (Å²) in [7, 11) is -5.17. The molecule has 0 aromatic heterocycles. The molecule has 0 bridgehead atoms. The monoisotopic (exact) mass is 364 g/mol. The Morgan fingerprint density at radius 1 is 0.833 bits per heavy atom. The molecule has 0 unspecified atom stereocenters. The first kappa shape index (κ1) is 27.0. The molecular weight excluding hydrogens is 336 g/mol. The van der Waals surface area contributed by atoms with Crippen molar-refractivity contribution in [2.75, 3.05) is 0 Å². The van der Waals surface area contributed by atoms with E-state index in [2.05, 4.69) is 27.7 Å². The molecule has 0 rings (SSSR count). The van der Waals surface area contributed by atoms with Gasteiger partial charge in [-0.25, -0.2) is 0 Å². The first-order valence-electron chi connectivity index (χ1n) is 6.08. The van der Waals surface area contributed by atoms with Crippen LogP contribution in [0, 0.1) is 13.8 Å². The molecule has 0 spiro atoms. The van der Waals surface area contributed by atoms with Crippen molar-refractivity contribution in [3.8, 4) is 0 Å². The smallest absolute Gasteiger partial charge is 0.759 e. The molecule has 4 nitrogen and oxygen atoms in total. The number of unbranched alkanes of at least 4 members (excludes halogenated alkanes) is 6. The molecule has 0 aliphatic heterocycles. The number of hydrogen-bond acceptors (Lipinski definition) is 4. The van der Waals surface area contributed by atoms with Crippen LogP contribution in [0.5, 0.6) is 0 Å². The Labute approximate surface area is 128 Å². The molecule has 0 N–H and O–H groups in total. The van der Waals surface area contributed by atoms with Crippen LogP contribution in [0.25, 0.3) is 0 Å². The third-order valence-corrected chi connectivity index (χ3v) is 1.71. The molecular formula is C12H26MoO4S. The van der Waals surface area contributed by atoms with Gasteiger partial charge in [0.2, 0.25) is 0 Å². The van der Waals surface area contributed by atoms with Crippen molar-refractivity contribution < 1.29 is 38.6 Å². The van der Waals surface area contributed by atoms with Gasteiger partial charge in [0.05, 0.1) is 0 Å². The minimum absolute atomic E-state index is 0. The molecule has 0 heterocycles. The van der Waals surface area contributed by atoms with Crippen molar-refractivity contribution in [3.63, 3.8) is 0 Å².